The van der Waals surface area contributed by atoms with Crippen molar-refractivity contribution in [3.05, 3.63) is 47.5 Å². The highest BCUT2D eigenvalue weighted by molar-refractivity contribution is 6.31. The number of carbonyl (C=O) groups is 2. The number of ether oxygens (including phenoxy) is 3. The number of aliphatic carboxylic acids is 1. The third kappa shape index (κ3) is 8.38. The smallest absolute Gasteiger partial charge is 0.410 e. The van der Waals surface area contributed by atoms with Gasteiger partial charge in [-0.1, -0.05) is 17.7 Å². The molecule has 3 aromatic rings. The number of hydrogen-bond donors (Lipinski definition) is 3. The van der Waals surface area contributed by atoms with E-state index in [9.17, 15) is 19.1 Å². The number of carboxylic acid groups (broad SMARTS) is 1. The number of fused-ring (bicyclic) bond motifs is 1. The van der Waals surface area contributed by atoms with E-state index in [0.717, 1.165) is 0 Å². The zero-order valence-electron chi connectivity index (χ0n) is 25.5. The second-order valence-electron chi connectivity index (χ2n) is 11.8. The molecule has 11 nitrogen and oxygen atoms in total. The van der Waals surface area contributed by atoms with Crippen LogP contribution in [0.4, 0.5) is 20.7 Å². The average Bonchev–Trinajstić information content (AvgIpc) is 2.97. The molecule has 4 rings (SSSR count). The Morgan fingerprint density at radius 2 is 1.89 bits per heavy atom. The molecular formula is C31H39ClFN5O6. The van der Waals surface area contributed by atoms with Crippen LogP contribution in [0.25, 0.3) is 10.9 Å². The van der Waals surface area contributed by atoms with Crippen LogP contribution in [0.2, 0.25) is 5.02 Å². The highest BCUT2D eigenvalue weighted by atomic mass is 35.5. The fourth-order valence-electron chi connectivity index (χ4n) is 5.14. The van der Waals surface area contributed by atoms with Crippen LogP contribution in [0.15, 0.2) is 36.7 Å². The molecule has 1 fully saturated rings. The number of halogens is 2. The Morgan fingerprint density at radius 3 is 2.55 bits per heavy atom. The fourth-order valence-corrected chi connectivity index (χ4v) is 5.31. The first-order valence-corrected chi connectivity index (χ1v) is 14.8. The zero-order chi connectivity index (χ0) is 32.0. The number of aromatic nitrogens is 2. The van der Waals surface area contributed by atoms with E-state index in [1.807, 2.05) is 0 Å². The van der Waals surface area contributed by atoms with Crippen molar-refractivity contribution in [2.45, 2.75) is 64.2 Å². The summed E-state index contributed by atoms with van der Waals surface area (Å²) in [5, 5.41) is 16.6. The van der Waals surface area contributed by atoms with Gasteiger partial charge >= 0.3 is 12.1 Å². The van der Waals surface area contributed by atoms with Crippen LogP contribution >= 0.6 is 11.6 Å². The quantitative estimate of drug-likeness (QED) is 0.230. The third-order valence-electron chi connectivity index (χ3n) is 7.39. The molecular weight excluding hydrogens is 593 g/mol. The summed E-state index contributed by atoms with van der Waals surface area (Å²) in [5.74, 6) is -0.286. The van der Waals surface area contributed by atoms with Crippen LogP contribution in [0.5, 0.6) is 11.5 Å². The molecule has 44 heavy (non-hydrogen) atoms. The van der Waals surface area contributed by atoms with Crippen molar-refractivity contribution in [3.63, 3.8) is 0 Å². The van der Waals surface area contributed by atoms with Crippen LogP contribution < -0.4 is 20.1 Å². The SMILES string of the molecule is COc1cc2ncnc(Nc3cccc(Cl)c3F)c2cc1OC1CCC([C@H](NCCN(C)C(=O)OC(C)(C)C)C(=O)O)CC1. The molecule has 1 aromatic heterocycles. The summed E-state index contributed by atoms with van der Waals surface area (Å²) < 4.78 is 31.9. The summed E-state index contributed by atoms with van der Waals surface area (Å²) in [7, 11) is 3.16. The Bertz CT molecular complexity index is 1480. The number of methoxy groups -OCH3 is 1. The lowest BCUT2D eigenvalue weighted by atomic mass is 9.82. The van der Waals surface area contributed by atoms with Crippen molar-refractivity contribution in [2.24, 2.45) is 5.92 Å². The summed E-state index contributed by atoms with van der Waals surface area (Å²) >= 11 is 5.95. The third-order valence-corrected chi connectivity index (χ3v) is 7.68. The van der Waals surface area contributed by atoms with Crippen molar-refractivity contribution >= 4 is 46.1 Å². The second kappa shape index (κ2) is 14.3. The molecule has 238 valence electrons. The van der Waals surface area contributed by atoms with Gasteiger partial charge in [0.1, 0.15) is 23.8 Å². The Labute approximate surface area is 261 Å². The van der Waals surface area contributed by atoms with E-state index in [4.69, 9.17) is 25.8 Å². The first-order chi connectivity index (χ1) is 20.9. The molecule has 1 saturated carbocycles. The minimum Gasteiger partial charge on any atom is -0.493 e. The first-order valence-electron chi connectivity index (χ1n) is 14.5. The van der Waals surface area contributed by atoms with Crippen molar-refractivity contribution in [1.82, 2.24) is 20.2 Å². The van der Waals surface area contributed by atoms with Gasteiger partial charge in [-0.25, -0.2) is 19.2 Å². The minimum absolute atomic E-state index is 0.0110. The van der Waals surface area contributed by atoms with E-state index in [-0.39, 0.29) is 22.7 Å². The molecule has 1 aliphatic rings. The van der Waals surface area contributed by atoms with Gasteiger partial charge in [0.25, 0.3) is 0 Å². The number of carbonyl (C=O) groups excluding carboxylic acids is 1. The summed E-state index contributed by atoms with van der Waals surface area (Å²) in [6.07, 6.45) is 3.29. The van der Waals surface area contributed by atoms with Gasteiger partial charge in [0.05, 0.1) is 29.4 Å². The van der Waals surface area contributed by atoms with Crippen molar-refractivity contribution in [1.29, 1.82) is 0 Å². The van der Waals surface area contributed by atoms with Gasteiger partial charge in [-0.2, -0.15) is 0 Å². The number of anilines is 2. The number of nitrogens with one attached hydrogen (secondary N) is 2. The largest absolute Gasteiger partial charge is 0.493 e. The lowest BCUT2D eigenvalue weighted by Gasteiger charge is -2.33. The molecule has 1 heterocycles. The van der Waals surface area contributed by atoms with E-state index in [0.29, 0.717) is 67.0 Å². The maximum atomic E-state index is 14.6. The Morgan fingerprint density at radius 1 is 1.16 bits per heavy atom. The number of carboxylic acids is 1. The van der Waals surface area contributed by atoms with Gasteiger partial charge < -0.3 is 34.9 Å². The lowest BCUT2D eigenvalue weighted by Crippen LogP contribution is -2.47. The molecule has 0 aliphatic heterocycles. The molecule has 0 bridgehead atoms. The van der Waals surface area contributed by atoms with Gasteiger partial charge in [-0.3, -0.25) is 4.79 Å². The molecule has 0 spiro atoms. The van der Waals surface area contributed by atoms with Crippen molar-refractivity contribution < 1.29 is 33.3 Å². The summed E-state index contributed by atoms with van der Waals surface area (Å²) in [6, 6.07) is 7.40. The van der Waals surface area contributed by atoms with E-state index >= 15 is 0 Å². The molecule has 0 unspecified atom stereocenters. The van der Waals surface area contributed by atoms with E-state index < -0.39 is 29.5 Å². The van der Waals surface area contributed by atoms with Crippen LogP contribution in [0.3, 0.4) is 0 Å². The molecule has 0 saturated heterocycles. The number of rotatable bonds is 11. The van der Waals surface area contributed by atoms with E-state index in [1.54, 1.807) is 52.1 Å². The molecule has 2 aromatic carbocycles. The highest BCUT2D eigenvalue weighted by Gasteiger charge is 2.33. The Balaban J connectivity index is 1.40. The maximum Gasteiger partial charge on any atom is 0.410 e. The Kier molecular flexibility index (Phi) is 10.7. The van der Waals surface area contributed by atoms with Crippen LogP contribution in [0, 0.1) is 11.7 Å². The van der Waals surface area contributed by atoms with Crippen LogP contribution in [0.1, 0.15) is 46.5 Å². The molecule has 13 heteroatoms. The summed E-state index contributed by atoms with van der Waals surface area (Å²) in [5.41, 5.74) is 0.140. The number of benzene rings is 2. The van der Waals surface area contributed by atoms with Gasteiger partial charge in [0, 0.05) is 31.6 Å². The van der Waals surface area contributed by atoms with Gasteiger partial charge in [-0.15, -0.1) is 0 Å². The molecule has 3 N–H and O–H groups in total. The summed E-state index contributed by atoms with van der Waals surface area (Å²) in [4.78, 5) is 34.4. The second-order valence-corrected chi connectivity index (χ2v) is 12.2. The van der Waals surface area contributed by atoms with Gasteiger partial charge in [0.15, 0.2) is 17.3 Å². The normalized spacial score (nSPS) is 17.5. The van der Waals surface area contributed by atoms with Crippen molar-refractivity contribution in [3.8, 4) is 11.5 Å². The predicted octanol–water partition coefficient (Wildman–Crippen LogP) is 6.02. The number of hydrogen-bond acceptors (Lipinski definition) is 9. The minimum atomic E-state index is -0.929. The zero-order valence-corrected chi connectivity index (χ0v) is 26.3. The standard InChI is InChI=1S/C31H39ClFN5O6/c1-31(2,3)44-30(41)38(4)14-13-34-27(29(39)40)18-9-11-19(12-10-18)43-25-15-20-23(16-24(25)42-5)35-17-36-28(20)37-22-8-6-7-21(32)26(22)33/h6-8,15-19,27,34H,9-14H2,1-5H3,(H,39,40)(H,35,36,37)/t18?,19?,27-/m0/s1. The monoisotopic (exact) mass is 631 g/mol. The fraction of sp³-hybridized carbons (Fsp3) is 0.484. The van der Waals surface area contributed by atoms with Gasteiger partial charge in [-0.05, 0) is 70.6 Å². The van der Waals surface area contributed by atoms with Crippen LogP contribution in [-0.2, 0) is 9.53 Å². The number of amides is 1. The maximum absolute atomic E-state index is 14.6. The average molecular weight is 632 g/mol. The highest BCUT2D eigenvalue weighted by Crippen LogP contribution is 2.38. The predicted molar refractivity (Wildman–Crippen MR) is 165 cm³/mol. The first kappa shape index (κ1) is 33.0. The van der Waals surface area contributed by atoms with Crippen molar-refractivity contribution in [2.75, 3.05) is 32.6 Å². The van der Waals surface area contributed by atoms with Crippen LogP contribution in [-0.4, -0.2) is 77.0 Å². The number of likely N-dealkylation sites (N-methyl/N-ethyl adjacent to an activating group) is 1. The van der Waals surface area contributed by atoms with E-state index in [2.05, 4.69) is 20.6 Å². The molecule has 1 amide bonds. The van der Waals surface area contributed by atoms with E-state index in [1.165, 1.54) is 24.4 Å². The molecule has 0 radical (unpaired) electrons. The summed E-state index contributed by atoms with van der Waals surface area (Å²) in [6.45, 7) is 6.00. The molecule has 1 atom stereocenters. The lowest BCUT2D eigenvalue weighted by molar-refractivity contribution is -0.141. The Hall–Kier alpha value is -3.90. The number of nitrogens with zero attached hydrogens (tertiary/aromatic N) is 3. The topological polar surface area (TPSA) is 135 Å². The molecule has 1 aliphatic carbocycles. The van der Waals surface area contributed by atoms with Gasteiger partial charge in [0.2, 0.25) is 0 Å².